The Morgan fingerprint density at radius 3 is 2.75 bits per heavy atom. The third-order valence-electron chi connectivity index (χ3n) is 1.61. The van der Waals surface area contributed by atoms with E-state index in [4.69, 9.17) is 11.6 Å². The first-order valence-corrected chi connectivity index (χ1v) is 5.32. The molecule has 1 rings (SSSR count). The van der Waals surface area contributed by atoms with Crippen LogP contribution in [0.1, 0.15) is 18.5 Å². The first-order valence-electron chi connectivity index (χ1n) is 3.99. The highest BCUT2D eigenvalue weighted by molar-refractivity contribution is 9.10. The first kappa shape index (κ1) is 10.0. The normalized spacial score (nSPS) is 10.2. The van der Waals surface area contributed by atoms with Gasteiger partial charge in [0.15, 0.2) is 0 Å². The lowest BCUT2D eigenvalue weighted by atomic mass is 10.2. The summed E-state index contributed by atoms with van der Waals surface area (Å²) >= 11 is 8.91. The van der Waals surface area contributed by atoms with Crippen molar-refractivity contribution in [1.82, 2.24) is 4.98 Å². The SMILES string of the molecule is ClCCCCc1ccc(Br)cn1. The Kier molecular flexibility index (Phi) is 4.62. The summed E-state index contributed by atoms with van der Waals surface area (Å²) in [6.07, 6.45) is 5.05. The van der Waals surface area contributed by atoms with Gasteiger partial charge in [0.25, 0.3) is 0 Å². The van der Waals surface area contributed by atoms with Crippen molar-refractivity contribution in [2.75, 3.05) is 5.88 Å². The van der Waals surface area contributed by atoms with Gasteiger partial charge in [-0.15, -0.1) is 11.6 Å². The fourth-order valence-corrected chi connectivity index (χ4v) is 1.38. The molecule has 0 aliphatic carbocycles. The van der Waals surface area contributed by atoms with Gasteiger partial charge in [0.1, 0.15) is 0 Å². The quantitative estimate of drug-likeness (QED) is 0.588. The average molecular weight is 249 g/mol. The maximum atomic E-state index is 5.57. The molecule has 0 aliphatic rings. The molecule has 0 aliphatic heterocycles. The summed E-state index contributed by atoms with van der Waals surface area (Å²) in [7, 11) is 0. The third kappa shape index (κ3) is 3.55. The summed E-state index contributed by atoms with van der Waals surface area (Å²) < 4.78 is 1.03. The van der Waals surface area contributed by atoms with Gasteiger partial charge in [-0.3, -0.25) is 4.98 Å². The van der Waals surface area contributed by atoms with Crippen molar-refractivity contribution in [3.8, 4) is 0 Å². The van der Waals surface area contributed by atoms with E-state index in [1.165, 1.54) is 0 Å². The summed E-state index contributed by atoms with van der Waals surface area (Å²) in [6, 6.07) is 4.06. The van der Waals surface area contributed by atoms with Crippen LogP contribution in [0, 0.1) is 0 Å². The number of rotatable bonds is 4. The predicted octanol–water partition coefficient (Wildman–Crippen LogP) is 3.41. The molecule has 0 spiro atoms. The van der Waals surface area contributed by atoms with E-state index in [9.17, 15) is 0 Å². The lowest BCUT2D eigenvalue weighted by molar-refractivity contribution is 0.780. The van der Waals surface area contributed by atoms with E-state index in [1.807, 2.05) is 18.3 Å². The second-order valence-corrected chi connectivity index (χ2v) is 3.91. The Hall–Kier alpha value is -0.0800. The van der Waals surface area contributed by atoms with Crippen LogP contribution in [0.2, 0.25) is 0 Å². The first-order chi connectivity index (χ1) is 5.83. The number of aromatic nitrogens is 1. The zero-order valence-electron chi connectivity index (χ0n) is 6.76. The van der Waals surface area contributed by atoms with Gasteiger partial charge in [0.2, 0.25) is 0 Å². The van der Waals surface area contributed by atoms with Crippen molar-refractivity contribution in [2.45, 2.75) is 19.3 Å². The highest BCUT2D eigenvalue weighted by atomic mass is 79.9. The Labute approximate surface area is 86.3 Å². The van der Waals surface area contributed by atoms with Gasteiger partial charge in [-0.05, 0) is 47.3 Å². The van der Waals surface area contributed by atoms with Crippen LogP contribution in [0.3, 0.4) is 0 Å². The topological polar surface area (TPSA) is 12.9 Å². The minimum Gasteiger partial charge on any atom is -0.260 e. The molecule has 1 heterocycles. The average Bonchev–Trinajstić information content (AvgIpc) is 2.09. The molecule has 1 aromatic rings. The lowest BCUT2D eigenvalue weighted by Crippen LogP contribution is -1.89. The molecule has 66 valence electrons. The van der Waals surface area contributed by atoms with Gasteiger partial charge in [0.05, 0.1) is 0 Å². The smallest absolute Gasteiger partial charge is 0.0413 e. The molecule has 0 amide bonds. The molecule has 0 fully saturated rings. The maximum absolute atomic E-state index is 5.57. The Balaban J connectivity index is 2.37. The van der Waals surface area contributed by atoms with Crippen LogP contribution in [0.25, 0.3) is 0 Å². The van der Waals surface area contributed by atoms with Gasteiger partial charge in [-0.2, -0.15) is 0 Å². The minimum atomic E-state index is 0.747. The summed E-state index contributed by atoms with van der Waals surface area (Å²) in [4.78, 5) is 4.26. The van der Waals surface area contributed by atoms with Crippen LogP contribution in [0.4, 0.5) is 0 Å². The Morgan fingerprint density at radius 2 is 2.17 bits per heavy atom. The van der Waals surface area contributed by atoms with Gasteiger partial charge in [-0.1, -0.05) is 0 Å². The number of hydrogen-bond acceptors (Lipinski definition) is 1. The Bertz CT molecular complexity index is 222. The second kappa shape index (κ2) is 5.55. The number of alkyl halides is 1. The largest absolute Gasteiger partial charge is 0.260 e. The molecule has 0 atom stereocenters. The number of aryl methyl sites for hydroxylation is 1. The van der Waals surface area contributed by atoms with Gasteiger partial charge in [0, 0.05) is 22.2 Å². The zero-order chi connectivity index (χ0) is 8.81. The van der Waals surface area contributed by atoms with E-state index in [2.05, 4.69) is 20.9 Å². The van der Waals surface area contributed by atoms with E-state index in [0.29, 0.717) is 0 Å². The molecule has 0 unspecified atom stereocenters. The summed E-state index contributed by atoms with van der Waals surface area (Å²) in [5.41, 5.74) is 1.14. The molecule has 0 bridgehead atoms. The predicted molar refractivity (Wildman–Crippen MR) is 55.6 cm³/mol. The highest BCUT2D eigenvalue weighted by Crippen LogP contribution is 2.09. The fraction of sp³-hybridized carbons (Fsp3) is 0.444. The number of nitrogens with zero attached hydrogens (tertiary/aromatic N) is 1. The van der Waals surface area contributed by atoms with Crippen molar-refractivity contribution in [1.29, 1.82) is 0 Å². The lowest BCUT2D eigenvalue weighted by Gasteiger charge is -1.98. The van der Waals surface area contributed by atoms with Crippen LogP contribution < -0.4 is 0 Å². The summed E-state index contributed by atoms with van der Waals surface area (Å²) in [6.45, 7) is 0. The summed E-state index contributed by atoms with van der Waals surface area (Å²) in [5.74, 6) is 0.747. The maximum Gasteiger partial charge on any atom is 0.0413 e. The van der Waals surface area contributed by atoms with Crippen molar-refractivity contribution >= 4 is 27.5 Å². The molecule has 0 radical (unpaired) electrons. The summed E-state index contributed by atoms with van der Waals surface area (Å²) in [5, 5.41) is 0. The van der Waals surface area contributed by atoms with E-state index < -0.39 is 0 Å². The third-order valence-corrected chi connectivity index (χ3v) is 2.34. The van der Waals surface area contributed by atoms with E-state index in [1.54, 1.807) is 0 Å². The molecular formula is C9H11BrClN. The molecule has 0 saturated carbocycles. The van der Waals surface area contributed by atoms with Crippen LogP contribution in [-0.2, 0) is 6.42 Å². The Morgan fingerprint density at radius 1 is 1.33 bits per heavy atom. The minimum absolute atomic E-state index is 0.747. The molecule has 1 nitrogen and oxygen atoms in total. The molecule has 0 N–H and O–H groups in total. The van der Waals surface area contributed by atoms with Crippen LogP contribution >= 0.6 is 27.5 Å². The van der Waals surface area contributed by atoms with Crippen LogP contribution in [-0.4, -0.2) is 10.9 Å². The zero-order valence-corrected chi connectivity index (χ0v) is 9.11. The van der Waals surface area contributed by atoms with Crippen LogP contribution in [0.5, 0.6) is 0 Å². The molecule has 0 saturated heterocycles. The monoisotopic (exact) mass is 247 g/mol. The number of hydrogen-bond donors (Lipinski definition) is 0. The second-order valence-electron chi connectivity index (χ2n) is 2.61. The molecule has 12 heavy (non-hydrogen) atoms. The molecule has 1 aromatic heterocycles. The van der Waals surface area contributed by atoms with Crippen molar-refractivity contribution in [2.24, 2.45) is 0 Å². The van der Waals surface area contributed by atoms with Gasteiger partial charge in [-0.25, -0.2) is 0 Å². The number of pyridine rings is 1. The standard InChI is InChI=1S/C9H11BrClN/c10-8-4-5-9(12-7-8)3-1-2-6-11/h4-5,7H,1-3,6H2. The van der Waals surface area contributed by atoms with Crippen LogP contribution in [0.15, 0.2) is 22.8 Å². The van der Waals surface area contributed by atoms with Crippen molar-refractivity contribution in [3.63, 3.8) is 0 Å². The van der Waals surface area contributed by atoms with Crippen molar-refractivity contribution in [3.05, 3.63) is 28.5 Å². The molecule has 3 heteroatoms. The number of unbranched alkanes of at least 4 members (excludes halogenated alkanes) is 1. The highest BCUT2D eigenvalue weighted by Gasteiger charge is 1.93. The number of halogens is 2. The molecular weight excluding hydrogens is 237 g/mol. The van der Waals surface area contributed by atoms with E-state index >= 15 is 0 Å². The molecule has 0 aromatic carbocycles. The van der Waals surface area contributed by atoms with E-state index in [0.717, 1.165) is 35.3 Å². The van der Waals surface area contributed by atoms with Gasteiger partial charge < -0.3 is 0 Å². The van der Waals surface area contributed by atoms with Crippen molar-refractivity contribution < 1.29 is 0 Å². The van der Waals surface area contributed by atoms with E-state index in [-0.39, 0.29) is 0 Å². The fourth-order valence-electron chi connectivity index (χ4n) is 0.955. The van der Waals surface area contributed by atoms with Gasteiger partial charge >= 0.3 is 0 Å².